The van der Waals surface area contributed by atoms with Crippen molar-refractivity contribution in [3.63, 3.8) is 0 Å². The summed E-state index contributed by atoms with van der Waals surface area (Å²) < 4.78 is 0. The fourth-order valence-electron chi connectivity index (χ4n) is 4.13. The summed E-state index contributed by atoms with van der Waals surface area (Å²) in [4.78, 5) is 35.7. The average molecular weight is 360 g/mol. The molecule has 2 aliphatic rings. The van der Waals surface area contributed by atoms with E-state index in [0.717, 1.165) is 63.5 Å². The number of aromatic nitrogens is 2. The molecule has 2 amide bonds. The fraction of sp³-hybridized carbons (Fsp3) is 0.667. The molecule has 0 bridgehead atoms. The van der Waals surface area contributed by atoms with Crippen molar-refractivity contribution >= 4 is 23.5 Å². The zero-order chi connectivity index (χ0) is 18.5. The van der Waals surface area contributed by atoms with Gasteiger partial charge in [-0.05, 0) is 37.5 Å². The SMILES string of the molecule is NC(=O)CC1CCCN(c2cc(N3CCCC(CC(N)=O)C3)ncn2)C1. The highest BCUT2D eigenvalue weighted by Gasteiger charge is 2.25. The molecule has 0 saturated carbocycles. The van der Waals surface area contributed by atoms with Gasteiger partial charge in [-0.25, -0.2) is 9.97 Å². The standard InChI is InChI=1S/C18H28N6O2/c19-15(25)7-13-3-1-5-23(10-13)17-9-18(22-12-21-17)24-6-2-4-14(11-24)8-16(20)26/h9,12-14H,1-8,10-11H2,(H2,19,25)(H2,20,26). The maximum atomic E-state index is 11.2. The second-order valence-electron chi connectivity index (χ2n) is 7.48. The van der Waals surface area contributed by atoms with E-state index in [9.17, 15) is 9.59 Å². The van der Waals surface area contributed by atoms with Crippen LogP contribution in [0, 0.1) is 11.8 Å². The summed E-state index contributed by atoms with van der Waals surface area (Å²) in [5.41, 5.74) is 10.7. The molecule has 0 radical (unpaired) electrons. The molecule has 0 aromatic carbocycles. The van der Waals surface area contributed by atoms with Gasteiger partial charge in [0.15, 0.2) is 0 Å². The van der Waals surface area contributed by atoms with Crippen LogP contribution >= 0.6 is 0 Å². The third-order valence-corrected chi connectivity index (χ3v) is 5.30. The van der Waals surface area contributed by atoms with Crippen LogP contribution in [0.3, 0.4) is 0 Å². The van der Waals surface area contributed by atoms with Crippen molar-refractivity contribution in [2.45, 2.75) is 38.5 Å². The Morgan fingerprint density at radius 3 is 1.81 bits per heavy atom. The number of amides is 2. The van der Waals surface area contributed by atoms with Gasteiger partial charge in [0.1, 0.15) is 18.0 Å². The molecule has 3 rings (SSSR count). The highest BCUT2D eigenvalue weighted by atomic mass is 16.1. The summed E-state index contributed by atoms with van der Waals surface area (Å²) in [5, 5.41) is 0. The molecule has 2 atom stereocenters. The molecule has 8 nitrogen and oxygen atoms in total. The van der Waals surface area contributed by atoms with E-state index in [0.29, 0.717) is 12.8 Å². The van der Waals surface area contributed by atoms with E-state index in [1.807, 2.05) is 6.07 Å². The first-order valence-corrected chi connectivity index (χ1v) is 9.40. The molecule has 0 aliphatic carbocycles. The van der Waals surface area contributed by atoms with Crippen molar-refractivity contribution in [1.82, 2.24) is 9.97 Å². The van der Waals surface area contributed by atoms with Gasteiger partial charge in [0.2, 0.25) is 11.8 Å². The van der Waals surface area contributed by atoms with Crippen LogP contribution in [0.1, 0.15) is 38.5 Å². The minimum absolute atomic E-state index is 0.242. The predicted molar refractivity (Wildman–Crippen MR) is 99.5 cm³/mol. The Labute approximate surface area is 153 Å². The van der Waals surface area contributed by atoms with Crippen LogP contribution < -0.4 is 21.3 Å². The van der Waals surface area contributed by atoms with Crippen molar-refractivity contribution < 1.29 is 9.59 Å². The molecule has 26 heavy (non-hydrogen) atoms. The molecular formula is C18H28N6O2. The summed E-state index contributed by atoms with van der Waals surface area (Å²) >= 11 is 0. The fourth-order valence-corrected chi connectivity index (χ4v) is 4.13. The van der Waals surface area contributed by atoms with Crippen LogP contribution in [0.15, 0.2) is 12.4 Å². The minimum Gasteiger partial charge on any atom is -0.370 e. The number of nitrogens with two attached hydrogens (primary N) is 2. The van der Waals surface area contributed by atoms with Gasteiger partial charge in [0, 0.05) is 45.1 Å². The summed E-state index contributed by atoms with van der Waals surface area (Å²) in [6.45, 7) is 3.44. The van der Waals surface area contributed by atoms with Crippen LogP contribution in [-0.4, -0.2) is 48.0 Å². The number of anilines is 2. The van der Waals surface area contributed by atoms with Crippen molar-refractivity contribution in [2.75, 3.05) is 36.0 Å². The Hall–Kier alpha value is -2.38. The first kappa shape index (κ1) is 18.4. The smallest absolute Gasteiger partial charge is 0.217 e. The van der Waals surface area contributed by atoms with Crippen LogP contribution in [0.5, 0.6) is 0 Å². The highest BCUT2D eigenvalue weighted by molar-refractivity contribution is 5.74. The Kier molecular flexibility index (Phi) is 5.90. The minimum atomic E-state index is -0.242. The lowest BCUT2D eigenvalue weighted by Crippen LogP contribution is -2.39. The van der Waals surface area contributed by atoms with Crippen LogP contribution in [0.25, 0.3) is 0 Å². The van der Waals surface area contributed by atoms with Crippen molar-refractivity contribution in [3.8, 4) is 0 Å². The lowest BCUT2D eigenvalue weighted by molar-refractivity contribution is -0.119. The number of carbonyl (C=O) groups is 2. The number of hydrogen-bond donors (Lipinski definition) is 2. The molecule has 2 unspecified atom stereocenters. The Morgan fingerprint density at radius 1 is 0.923 bits per heavy atom. The maximum Gasteiger partial charge on any atom is 0.217 e. The lowest BCUT2D eigenvalue weighted by atomic mass is 9.94. The molecule has 2 fully saturated rings. The molecule has 8 heteroatoms. The van der Waals surface area contributed by atoms with Gasteiger partial charge in [-0.15, -0.1) is 0 Å². The molecule has 142 valence electrons. The van der Waals surface area contributed by atoms with E-state index >= 15 is 0 Å². The lowest BCUT2D eigenvalue weighted by Gasteiger charge is -2.35. The molecule has 1 aromatic rings. The molecule has 3 heterocycles. The number of nitrogens with zero attached hydrogens (tertiary/aromatic N) is 4. The van der Waals surface area contributed by atoms with E-state index in [2.05, 4.69) is 19.8 Å². The van der Waals surface area contributed by atoms with Gasteiger partial charge in [-0.1, -0.05) is 0 Å². The molecule has 1 aromatic heterocycles. The van der Waals surface area contributed by atoms with Gasteiger partial charge >= 0.3 is 0 Å². The molecule has 0 spiro atoms. The molecular weight excluding hydrogens is 332 g/mol. The number of hydrogen-bond acceptors (Lipinski definition) is 6. The predicted octanol–water partition coefficient (Wildman–Crippen LogP) is 0.660. The first-order valence-electron chi connectivity index (χ1n) is 9.40. The third-order valence-electron chi connectivity index (χ3n) is 5.30. The van der Waals surface area contributed by atoms with Gasteiger partial charge in [0.25, 0.3) is 0 Å². The number of rotatable bonds is 6. The molecule has 2 aliphatic heterocycles. The third kappa shape index (κ3) is 4.83. The van der Waals surface area contributed by atoms with E-state index in [1.165, 1.54) is 0 Å². The van der Waals surface area contributed by atoms with Gasteiger partial charge in [0.05, 0.1) is 0 Å². The van der Waals surface area contributed by atoms with Gasteiger partial charge < -0.3 is 21.3 Å². The normalized spacial score (nSPS) is 23.7. The number of carbonyl (C=O) groups excluding carboxylic acids is 2. The number of piperidine rings is 2. The highest BCUT2D eigenvalue weighted by Crippen LogP contribution is 2.28. The first-order chi connectivity index (χ1) is 12.5. The van der Waals surface area contributed by atoms with Gasteiger partial charge in [-0.2, -0.15) is 0 Å². The number of primary amides is 2. The summed E-state index contributed by atoms with van der Waals surface area (Å²) in [6.07, 6.45) is 6.56. The van der Waals surface area contributed by atoms with Crippen molar-refractivity contribution in [3.05, 3.63) is 12.4 Å². The monoisotopic (exact) mass is 360 g/mol. The largest absolute Gasteiger partial charge is 0.370 e. The Bertz CT molecular complexity index is 601. The van der Waals surface area contributed by atoms with Crippen molar-refractivity contribution in [1.29, 1.82) is 0 Å². The van der Waals surface area contributed by atoms with Gasteiger partial charge in [-0.3, -0.25) is 9.59 Å². The second kappa shape index (κ2) is 8.33. The zero-order valence-electron chi connectivity index (χ0n) is 15.1. The Morgan fingerprint density at radius 2 is 1.38 bits per heavy atom. The van der Waals surface area contributed by atoms with E-state index in [1.54, 1.807) is 6.33 Å². The Balaban J connectivity index is 1.67. The summed E-state index contributed by atoms with van der Waals surface area (Å²) in [5.74, 6) is 1.87. The summed E-state index contributed by atoms with van der Waals surface area (Å²) in [6, 6.07) is 2.01. The average Bonchev–Trinajstić information content (AvgIpc) is 2.61. The van der Waals surface area contributed by atoms with Crippen molar-refractivity contribution in [2.24, 2.45) is 23.3 Å². The van der Waals surface area contributed by atoms with E-state index in [-0.39, 0.29) is 23.7 Å². The topological polar surface area (TPSA) is 118 Å². The molecule has 4 N–H and O–H groups in total. The second-order valence-corrected chi connectivity index (χ2v) is 7.48. The zero-order valence-corrected chi connectivity index (χ0v) is 15.1. The maximum absolute atomic E-state index is 11.2. The molecule has 2 saturated heterocycles. The summed E-state index contributed by atoms with van der Waals surface area (Å²) in [7, 11) is 0. The van der Waals surface area contributed by atoms with E-state index in [4.69, 9.17) is 11.5 Å². The van der Waals surface area contributed by atoms with Crippen LogP contribution in [0.2, 0.25) is 0 Å². The quantitative estimate of drug-likeness (QED) is 0.769. The van der Waals surface area contributed by atoms with E-state index < -0.39 is 0 Å². The van der Waals surface area contributed by atoms with Crippen LogP contribution in [-0.2, 0) is 9.59 Å². The van der Waals surface area contributed by atoms with Crippen LogP contribution in [0.4, 0.5) is 11.6 Å².